The molecule has 1 aliphatic carbocycles. The standard InChI is InChI=1S/C18H18N6O2/c1-24-16-13(15(23-24)17(19)26)6-5-11-8-20-18(22-14(11)16)21-12-4-2-3-10(7-12)9-25/h2-4,7-8,25H,5-6,9H2,1H3,(H2,19,26)(H,20,21,22). The van der Waals surface area contributed by atoms with Crippen LogP contribution in [-0.4, -0.2) is 30.8 Å². The van der Waals surface area contributed by atoms with Crippen molar-refractivity contribution in [3.05, 3.63) is 52.8 Å². The minimum Gasteiger partial charge on any atom is -0.392 e. The first kappa shape index (κ1) is 16.2. The lowest BCUT2D eigenvalue weighted by Gasteiger charge is -2.17. The molecule has 3 aromatic rings. The second kappa shape index (κ2) is 6.23. The Bertz CT molecular complexity index is 1010. The van der Waals surface area contributed by atoms with Crippen LogP contribution in [0, 0.1) is 0 Å². The molecule has 0 spiro atoms. The summed E-state index contributed by atoms with van der Waals surface area (Å²) in [4.78, 5) is 20.7. The summed E-state index contributed by atoms with van der Waals surface area (Å²) in [6.07, 6.45) is 3.21. The molecule has 0 fully saturated rings. The quantitative estimate of drug-likeness (QED) is 0.653. The fourth-order valence-corrected chi connectivity index (χ4v) is 3.29. The van der Waals surface area contributed by atoms with Gasteiger partial charge in [0.15, 0.2) is 5.69 Å². The van der Waals surface area contributed by atoms with E-state index in [1.807, 2.05) is 24.3 Å². The van der Waals surface area contributed by atoms with Crippen LogP contribution in [-0.2, 0) is 26.5 Å². The Morgan fingerprint density at radius 3 is 3.00 bits per heavy atom. The van der Waals surface area contributed by atoms with Crippen LogP contribution >= 0.6 is 0 Å². The van der Waals surface area contributed by atoms with E-state index >= 15 is 0 Å². The van der Waals surface area contributed by atoms with E-state index in [1.165, 1.54) is 0 Å². The maximum atomic E-state index is 11.6. The molecule has 0 atom stereocenters. The number of benzene rings is 1. The molecule has 0 bridgehead atoms. The Balaban J connectivity index is 1.75. The van der Waals surface area contributed by atoms with Crippen molar-refractivity contribution in [2.45, 2.75) is 19.4 Å². The fourth-order valence-electron chi connectivity index (χ4n) is 3.29. The summed E-state index contributed by atoms with van der Waals surface area (Å²) < 4.78 is 1.65. The topological polar surface area (TPSA) is 119 Å². The maximum absolute atomic E-state index is 11.6. The van der Waals surface area contributed by atoms with Gasteiger partial charge in [-0.1, -0.05) is 12.1 Å². The number of aromatic nitrogens is 4. The molecule has 4 rings (SSSR count). The molecule has 2 heterocycles. The van der Waals surface area contributed by atoms with E-state index in [2.05, 4.69) is 20.4 Å². The Kier molecular flexibility index (Phi) is 3.89. The van der Waals surface area contributed by atoms with E-state index in [0.717, 1.165) is 40.2 Å². The summed E-state index contributed by atoms with van der Waals surface area (Å²) >= 11 is 0. The molecule has 0 unspecified atom stereocenters. The van der Waals surface area contributed by atoms with Gasteiger partial charge in [0.2, 0.25) is 5.95 Å². The number of aliphatic hydroxyl groups is 1. The van der Waals surface area contributed by atoms with Crippen molar-refractivity contribution in [1.29, 1.82) is 0 Å². The van der Waals surface area contributed by atoms with E-state index in [9.17, 15) is 9.90 Å². The number of fused-ring (bicyclic) bond motifs is 3. The molecular weight excluding hydrogens is 332 g/mol. The SMILES string of the molecule is Cn1nc(C(N)=O)c2c1-c1nc(Nc3cccc(CO)c3)ncc1CC2. The van der Waals surface area contributed by atoms with Crippen LogP contribution in [0.15, 0.2) is 30.5 Å². The Labute approximate surface area is 149 Å². The van der Waals surface area contributed by atoms with Gasteiger partial charge in [0.1, 0.15) is 0 Å². The van der Waals surface area contributed by atoms with Crippen molar-refractivity contribution in [3.8, 4) is 11.4 Å². The molecule has 4 N–H and O–H groups in total. The first-order valence-electron chi connectivity index (χ1n) is 8.25. The highest BCUT2D eigenvalue weighted by Gasteiger charge is 2.27. The largest absolute Gasteiger partial charge is 0.392 e. The molecule has 26 heavy (non-hydrogen) atoms. The zero-order chi connectivity index (χ0) is 18.3. The molecule has 1 aromatic carbocycles. The van der Waals surface area contributed by atoms with Crippen molar-refractivity contribution >= 4 is 17.5 Å². The second-order valence-electron chi connectivity index (χ2n) is 6.21. The molecule has 0 saturated carbocycles. The number of hydrogen-bond donors (Lipinski definition) is 3. The predicted octanol–water partition coefficient (Wildman–Crippen LogP) is 1.31. The summed E-state index contributed by atoms with van der Waals surface area (Å²) in [6.45, 7) is -0.0329. The highest BCUT2D eigenvalue weighted by molar-refractivity contribution is 5.94. The number of anilines is 2. The third-order valence-electron chi connectivity index (χ3n) is 4.48. The Morgan fingerprint density at radius 2 is 2.23 bits per heavy atom. The van der Waals surface area contributed by atoms with E-state index in [0.29, 0.717) is 18.1 Å². The van der Waals surface area contributed by atoms with Crippen LogP contribution in [0.25, 0.3) is 11.4 Å². The van der Waals surface area contributed by atoms with E-state index in [1.54, 1.807) is 17.9 Å². The number of carbonyl (C=O) groups is 1. The maximum Gasteiger partial charge on any atom is 0.269 e. The smallest absolute Gasteiger partial charge is 0.269 e. The van der Waals surface area contributed by atoms with Gasteiger partial charge in [0.25, 0.3) is 5.91 Å². The van der Waals surface area contributed by atoms with Crippen LogP contribution < -0.4 is 11.1 Å². The number of nitrogens with two attached hydrogens (primary N) is 1. The van der Waals surface area contributed by atoms with Crippen molar-refractivity contribution in [1.82, 2.24) is 19.7 Å². The average molecular weight is 350 g/mol. The monoisotopic (exact) mass is 350 g/mol. The normalized spacial score (nSPS) is 12.4. The highest BCUT2D eigenvalue weighted by Crippen LogP contribution is 2.34. The van der Waals surface area contributed by atoms with Crippen molar-refractivity contribution in [3.63, 3.8) is 0 Å². The van der Waals surface area contributed by atoms with Crippen molar-refractivity contribution in [2.75, 3.05) is 5.32 Å². The molecule has 0 saturated heterocycles. The molecule has 0 radical (unpaired) electrons. The van der Waals surface area contributed by atoms with Crippen LogP contribution in [0.1, 0.15) is 27.2 Å². The summed E-state index contributed by atoms with van der Waals surface area (Å²) in [5.74, 6) is -0.0907. The molecule has 1 amide bonds. The highest BCUT2D eigenvalue weighted by atomic mass is 16.3. The lowest BCUT2D eigenvalue weighted by atomic mass is 9.93. The molecule has 2 aromatic heterocycles. The zero-order valence-electron chi connectivity index (χ0n) is 14.2. The van der Waals surface area contributed by atoms with E-state index < -0.39 is 5.91 Å². The molecule has 1 aliphatic rings. The number of nitrogens with zero attached hydrogens (tertiary/aromatic N) is 4. The second-order valence-corrected chi connectivity index (χ2v) is 6.21. The number of amides is 1. The van der Waals surface area contributed by atoms with Gasteiger partial charge in [0.05, 0.1) is 18.0 Å². The lowest BCUT2D eigenvalue weighted by Crippen LogP contribution is -2.16. The Hall–Kier alpha value is -3.26. The number of carbonyl (C=O) groups excluding carboxylic acids is 1. The minimum atomic E-state index is -0.529. The van der Waals surface area contributed by atoms with Crippen molar-refractivity contribution in [2.24, 2.45) is 12.8 Å². The Morgan fingerprint density at radius 1 is 1.38 bits per heavy atom. The molecule has 0 aliphatic heterocycles. The lowest BCUT2D eigenvalue weighted by molar-refractivity contribution is 0.0994. The fraction of sp³-hybridized carbons (Fsp3) is 0.222. The summed E-state index contributed by atoms with van der Waals surface area (Å²) in [5.41, 5.74) is 10.7. The van der Waals surface area contributed by atoms with E-state index in [4.69, 9.17) is 5.73 Å². The average Bonchev–Trinajstić information content (AvgIpc) is 2.99. The number of primary amides is 1. The van der Waals surface area contributed by atoms with Crippen molar-refractivity contribution < 1.29 is 9.90 Å². The van der Waals surface area contributed by atoms with Crippen LogP contribution in [0.2, 0.25) is 0 Å². The zero-order valence-corrected chi connectivity index (χ0v) is 14.2. The van der Waals surface area contributed by atoms with Gasteiger partial charge in [-0.15, -0.1) is 0 Å². The first-order chi connectivity index (χ1) is 12.6. The third kappa shape index (κ3) is 2.70. The van der Waals surface area contributed by atoms with Crippen LogP contribution in [0.4, 0.5) is 11.6 Å². The van der Waals surface area contributed by atoms with Gasteiger partial charge in [-0.05, 0) is 36.1 Å². The summed E-state index contributed by atoms with van der Waals surface area (Å²) in [7, 11) is 1.78. The van der Waals surface area contributed by atoms with Crippen LogP contribution in [0.5, 0.6) is 0 Å². The number of aliphatic hydroxyl groups excluding tert-OH is 1. The first-order valence-corrected chi connectivity index (χ1v) is 8.25. The van der Waals surface area contributed by atoms with Gasteiger partial charge in [0, 0.05) is 24.5 Å². The van der Waals surface area contributed by atoms with Crippen LogP contribution in [0.3, 0.4) is 0 Å². The summed E-state index contributed by atoms with van der Waals surface area (Å²) in [5, 5.41) is 16.7. The van der Waals surface area contributed by atoms with Gasteiger partial charge >= 0.3 is 0 Å². The summed E-state index contributed by atoms with van der Waals surface area (Å²) in [6, 6.07) is 7.41. The third-order valence-corrected chi connectivity index (χ3v) is 4.48. The number of nitrogens with one attached hydrogen (secondary N) is 1. The number of rotatable bonds is 4. The van der Waals surface area contributed by atoms with Gasteiger partial charge in [-0.25, -0.2) is 9.97 Å². The molecule has 132 valence electrons. The van der Waals surface area contributed by atoms with Gasteiger partial charge in [-0.3, -0.25) is 9.48 Å². The number of aryl methyl sites for hydroxylation is 2. The predicted molar refractivity (Wildman–Crippen MR) is 95.8 cm³/mol. The minimum absolute atomic E-state index is 0.0329. The van der Waals surface area contributed by atoms with Gasteiger partial charge < -0.3 is 16.2 Å². The van der Waals surface area contributed by atoms with Gasteiger partial charge in [-0.2, -0.15) is 5.10 Å². The molecule has 8 heteroatoms. The number of hydrogen-bond acceptors (Lipinski definition) is 6. The molecule has 8 nitrogen and oxygen atoms in total. The van der Waals surface area contributed by atoms with E-state index in [-0.39, 0.29) is 6.61 Å². The molecular formula is C18H18N6O2.